The molecule has 294 valence electrons. The first-order valence-electron chi connectivity index (χ1n) is 19.8. The predicted molar refractivity (Wildman–Crippen MR) is 212 cm³/mol. The first-order chi connectivity index (χ1) is 27.5. The maximum absolute atomic E-state index is 13.5. The first-order valence-corrected chi connectivity index (χ1v) is 20.2. The SMILES string of the molecule is C[C@H]1CC2(CCN(c3ccc(C(=O)N4CCN(C5CN(c6cc7c(cn6)C(=O)N(C6CCC(=O)NC6=O)C7=O)C5)CC4)cc3)CC2)CN1c1ccc(C#N)c(Cl)c1. The summed E-state index contributed by atoms with van der Waals surface area (Å²) >= 11 is 6.37. The lowest BCUT2D eigenvalue weighted by Gasteiger charge is -2.48. The Hall–Kier alpha value is -5.52. The van der Waals surface area contributed by atoms with Crippen molar-refractivity contribution in [1.82, 2.24) is 25.0 Å². The first kappa shape index (κ1) is 37.1. The molecule has 0 bridgehead atoms. The summed E-state index contributed by atoms with van der Waals surface area (Å²) in [6.45, 7) is 9.40. The van der Waals surface area contributed by atoms with E-state index in [2.05, 4.69) is 55.0 Å². The highest BCUT2D eigenvalue weighted by atomic mass is 35.5. The van der Waals surface area contributed by atoms with Gasteiger partial charge in [0.2, 0.25) is 11.8 Å². The monoisotopic (exact) mass is 789 g/mol. The summed E-state index contributed by atoms with van der Waals surface area (Å²) in [5.74, 6) is -1.51. The number of fused-ring (bicyclic) bond motifs is 1. The van der Waals surface area contributed by atoms with E-state index in [1.807, 2.05) is 35.2 Å². The molecule has 6 aliphatic heterocycles. The van der Waals surface area contributed by atoms with E-state index >= 15 is 0 Å². The number of carbonyl (C=O) groups is 5. The highest BCUT2D eigenvalue weighted by Gasteiger charge is 2.46. The predicted octanol–water partition coefficient (Wildman–Crippen LogP) is 3.54. The van der Waals surface area contributed by atoms with Gasteiger partial charge in [-0.2, -0.15) is 5.26 Å². The van der Waals surface area contributed by atoms with Crippen LogP contribution >= 0.6 is 11.6 Å². The molecule has 2 atom stereocenters. The molecular weight excluding hydrogens is 746 g/mol. The molecule has 7 heterocycles. The summed E-state index contributed by atoms with van der Waals surface area (Å²) in [6, 6.07) is 17.3. The third kappa shape index (κ3) is 6.66. The number of nitrogens with one attached hydrogen (secondary N) is 1. The van der Waals surface area contributed by atoms with Gasteiger partial charge in [0.1, 0.15) is 17.9 Å². The number of imide groups is 2. The largest absolute Gasteiger partial charge is 0.371 e. The molecule has 5 fully saturated rings. The minimum atomic E-state index is -1.01. The zero-order valence-corrected chi connectivity index (χ0v) is 32.6. The molecule has 0 radical (unpaired) electrons. The normalized spacial score (nSPS) is 23.8. The third-order valence-corrected chi connectivity index (χ3v) is 13.4. The van der Waals surface area contributed by atoms with E-state index in [1.165, 1.54) is 6.20 Å². The second-order valence-corrected chi connectivity index (χ2v) is 16.8. The van der Waals surface area contributed by atoms with Gasteiger partial charge in [0.05, 0.1) is 21.7 Å². The number of rotatable bonds is 6. The Kier molecular flexibility index (Phi) is 9.40. The fourth-order valence-corrected chi connectivity index (χ4v) is 9.95. The van der Waals surface area contributed by atoms with Crippen LogP contribution in [0.25, 0.3) is 0 Å². The average molecular weight is 790 g/mol. The zero-order valence-electron chi connectivity index (χ0n) is 31.8. The van der Waals surface area contributed by atoms with E-state index < -0.39 is 29.7 Å². The molecule has 5 saturated heterocycles. The number of pyridine rings is 1. The Balaban J connectivity index is 0.741. The van der Waals surface area contributed by atoms with Crippen molar-refractivity contribution in [3.63, 3.8) is 0 Å². The molecule has 15 heteroatoms. The van der Waals surface area contributed by atoms with Crippen molar-refractivity contribution < 1.29 is 24.0 Å². The molecule has 1 N–H and O–H groups in total. The van der Waals surface area contributed by atoms with Crippen molar-refractivity contribution in [2.75, 3.05) is 73.6 Å². The summed E-state index contributed by atoms with van der Waals surface area (Å²) in [6.07, 6.45) is 4.90. The lowest BCUT2D eigenvalue weighted by Crippen LogP contribution is -2.63. The van der Waals surface area contributed by atoms with Crippen LogP contribution in [0.5, 0.6) is 0 Å². The van der Waals surface area contributed by atoms with Gasteiger partial charge in [-0.15, -0.1) is 0 Å². The molecule has 6 aliphatic rings. The van der Waals surface area contributed by atoms with Crippen LogP contribution in [0.1, 0.15) is 75.7 Å². The Morgan fingerprint density at radius 3 is 2.28 bits per heavy atom. The van der Waals surface area contributed by atoms with E-state index in [-0.39, 0.29) is 41.3 Å². The number of anilines is 3. The van der Waals surface area contributed by atoms with Crippen LogP contribution in [0, 0.1) is 16.7 Å². The average Bonchev–Trinajstić information content (AvgIpc) is 3.65. The van der Waals surface area contributed by atoms with Crippen LogP contribution in [-0.4, -0.2) is 126 Å². The third-order valence-electron chi connectivity index (χ3n) is 13.1. The summed E-state index contributed by atoms with van der Waals surface area (Å²) < 4.78 is 0. The number of benzene rings is 2. The number of carbonyl (C=O) groups excluding carboxylic acids is 5. The van der Waals surface area contributed by atoms with Gasteiger partial charge < -0.3 is 19.6 Å². The van der Waals surface area contributed by atoms with Gasteiger partial charge >= 0.3 is 0 Å². The second-order valence-electron chi connectivity index (χ2n) is 16.4. The van der Waals surface area contributed by atoms with Crippen LogP contribution in [0.15, 0.2) is 54.7 Å². The standard InChI is InChI=1S/C42H44ClN9O5/c1-26-20-42(25-51(26)30-7-4-28(21-44)34(43)18-30)10-12-47(13-11-42)29-5-2-27(3-6-29)39(55)49-16-14-48(15-17-49)31-23-50(24-31)36-19-32-33(22-45-36)41(57)52(40(32)56)35-8-9-37(53)46-38(35)54/h2-7,18-19,22,26,31,35H,8-17,20,23-25H2,1H3,(H,46,53,54)/t26-,35?/m0/s1. The molecule has 1 aromatic heterocycles. The summed E-state index contributed by atoms with van der Waals surface area (Å²) in [4.78, 5) is 80.6. The van der Waals surface area contributed by atoms with Crippen molar-refractivity contribution in [1.29, 1.82) is 5.26 Å². The van der Waals surface area contributed by atoms with Crippen LogP contribution in [0.3, 0.4) is 0 Å². The maximum atomic E-state index is 13.5. The van der Waals surface area contributed by atoms with Gasteiger partial charge in [-0.25, -0.2) is 4.98 Å². The van der Waals surface area contributed by atoms with E-state index in [1.54, 1.807) is 6.07 Å². The minimum absolute atomic E-state index is 0.0462. The fraction of sp³-hybridized carbons (Fsp3) is 0.452. The number of amides is 5. The van der Waals surface area contributed by atoms with E-state index in [9.17, 15) is 29.2 Å². The van der Waals surface area contributed by atoms with Crippen molar-refractivity contribution in [3.05, 3.63) is 82.0 Å². The fourth-order valence-electron chi connectivity index (χ4n) is 9.73. The highest BCUT2D eigenvalue weighted by Crippen LogP contribution is 2.46. The smallest absolute Gasteiger partial charge is 0.263 e. The van der Waals surface area contributed by atoms with Crippen LogP contribution in [-0.2, 0) is 9.59 Å². The lowest BCUT2D eigenvalue weighted by atomic mass is 9.76. The number of halogens is 1. The molecule has 3 aromatic rings. The number of aromatic nitrogens is 1. The number of piperidine rings is 2. The van der Waals surface area contributed by atoms with Gasteiger partial charge in [-0.3, -0.25) is 39.1 Å². The number of nitriles is 1. The molecule has 5 amide bonds. The molecule has 0 aliphatic carbocycles. The van der Waals surface area contributed by atoms with E-state index in [0.717, 1.165) is 68.3 Å². The van der Waals surface area contributed by atoms with Crippen molar-refractivity contribution in [2.24, 2.45) is 5.41 Å². The summed E-state index contributed by atoms with van der Waals surface area (Å²) in [5.41, 5.74) is 4.06. The minimum Gasteiger partial charge on any atom is -0.371 e. The number of piperazine rings is 1. The van der Waals surface area contributed by atoms with E-state index in [4.69, 9.17) is 11.6 Å². The Morgan fingerprint density at radius 1 is 0.895 bits per heavy atom. The summed E-state index contributed by atoms with van der Waals surface area (Å²) in [5, 5.41) is 12.0. The van der Waals surface area contributed by atoms with Crippen molar-refractivity contribution in [2.45, 2.75) is 57.2 Å². The lowest BCUT2D eigenvalue weighted by molar-refractivity contribution is -0.136. The zero-order chi connectivity index (χ0) is 39.6. The Bertz CT molecular complexity index is 2200. The molecule has 14 nitrogen and oxygen atoms in total. The Labute approximate surface area is 335 Å². The maximum Gasteiger partial charge on any atom is 0.263 e. The Morgan fingerprint density at radius 2 is 1.60 bits per heavy atom. The number of nitrogens with zero attached hydrogens (tertiary/aromatic N) is 8. The van der Waals surface area contributed by atoms with Gasteiger partial charge in [0.15, 0.2) is 0 Å². The number of hydrogen-bond acceptors (Lipinski definition) is 11. The van der Waals surface area contributed by atoms with Crippen LogP contribution in [0.2, 0.25) is 5.02 Å². The molecular formula is C42H44ClN9O5. The van der Waals surface area contributed by atoms with Gasteiger partial charge in [0, 0.05) is 101 Å². The highest BCUT2D eigenvalue weighted by molar-refractivity contribution is 6.32. The molecule has 1 unspecified atom stereocenters. The molecule has 1 spiro atoms. The molecule has 57 heavy (non-hydrogen) atoms. The van der Waals surface area contributed by atoms with Crippen LogP contribution in [0.4, 0.5) is 17.2 Å². The van der Waals surface area contributed by atoms with Gasteiger partial charge in [0.25, 0.3) is 17.7 Å². The van der Waals surface area contributed by atoms with Gasteiger partial charge in [-0.1, -0.05) is 11.6 Å². The molecule has 2 aromatic carbocycles. The van der Waals surface area contributed by atoms with E-state index in [0.29, 0.717) is 54.2 Å². The molecule has 9 rings (SSSR count). The van der Waals surface area contributed by atoms with Crippen molar-refractivity contribution >= 4 is 58.3 Å². The summed E-state index contributed by atoms with van der Waals surface area (Å²) in [7, 11) is 0. The quantitative estimate of drug-likeness (QED) is 0.365. The number of hydrogen-bond donors (Lipinski definition) is 1. The molecule has 0 saturated carbocycles. The topological polar surface area (TPSA) is 154 Å². The van der Waals surface area contributed by atoms with Crippen molar-refractivity contribution in [3.8, 4) is 6.07 Å². The second kappa shape index (κ2) is 14.5. The van der Waals surface area contributed by atoms with Gasteiger partial charge in [-0.05, 0) is 86.6 Å². The van der Waals surface area contributed by atoms with Crippen LogP contribution < -0.4 is 20.0 Å².